The zero-order valence-corrected chi connectivity index (χ0v) is 17.3. The van der Waals surface area contributed by atoms with E-state index in [1.165, 1.54) is 5.56 Å². The van der Waals surface area contributed by atoms with Crippen molar-refractivity contribution in [3.05, 3.63) is 77.9 Å². The molecule has 1 saturated carbocycles. The van der Waals surface area contributed by atoms with Gasteiger partial charge in [-0.05, 0) is 30.5 Å². The lowest BCUT2D eigenvalue weighted by Crippen LogP contribution is -2.54. The van der Waals surface area contributed by atoms with E-state index in [2.05, 4.69) is 33.2 Å². The van der Waals surface area contributed by atoms with E-state index < -0.39 is 0 Å². The largest absolute Gasteiger partial charge is 0.332 e. The molecule has 1 saturated heterocycles. The van der Waals surface area contributed by atoms with E-state index in [1.54, 1.807) is 9.58 Å². The smallest absolute Gasteiger partial charge is 0.293 e. The second-order valence-electron chi connectivity index (χ2n) is 8.17. The van der Waals surface area contributed by atoms with Crippen molar-refractivity contribution in [3.8, 4) is 11.8 Å². The van der Waals surface area contributed by atoms with Gasteiger partial charge in [0.05, 0.1) is 18.3 Å². The van der Waals surface area contributed by atoms with Crippen LogP contribution in [0.3, 0.4) is 0 Å². The maximum Gasteiger partial charge on any atom is 0.293 e. The number of rotatable bonds is 5. The number of hydrogen-bond acceptors (Lipinski definition) is 5. The van der Waals surface area contributed by atoms with Gasteiger partial charge in [0.25, 0.3) is 5.91 Å². The molecule has 7 nitrogen and oxygen atoms in total. The summed E-state index contributed by atoms with van der Waals surface area (Å²) in [6, 6.07) is 22.0. The van der Waals surface area contributed by atoms with Crippen LogP contribution in [0.15, 0.2) is 60.7 Å². The van der Waals surface area contributed by atoms with Crippen molar-refractivity contribution in [3.63, 3.8) is 0 Å². The Labute approximate surface area is 181 Å². The zero-order chi connectivity index (χ0) is 21.2. The van der Waals surface area contributed by atoms with Gasteiger partial charge in [0.1, 0.15) is 11.9 Å². The number of amides is 1. The standard InChI is InChI=1S/C24H24N6O/c25-15-21-17-29(14-13-28(21)16-18-7-3-1-4-8-18)24(31)22-26-23(19-11-12-19)30(27-22)20-9-5-2-6-10-20/h1-10,19,21H,11-14,16-17H2. The minimum atomic E-state index is -0.350. The molecule has 1 unspecified atom stereocenters. The van der Waals surface area contributed by atoms with Crippen LogP contribution in [0.5, 0.6) is 0 Å². The zero-order valence-electron chi connectivity index (χ0n) is 17.3. The highest BCUT2D eigenvalue weighted by molar-refractivity contribution is 5.90. The molecule has 1 aliphatic carbocycles. The first-order valence-corrected chi connectivity index (χ1v) is 10.7. The predicted molar refractivity (Wildman–Crippen MR) is 115 cm³/mol. The average Bonchev–Trinajstić information content (AvgIpc) is 3.58. The number of hydrogen-bond donors (Lipinski definition) is 0. The van der Waals surface area contributed by atoms with Crippen LogP contribution in [-0.2, 0) is 6.54 Å². The van der Waals surface area contributed by atoms with E-state index in [1.807, 2.05) is 48.5 Å². The molecule has 1 amide bonds. The molecule has 2 aromatic carbocycles. The van der Waals surface area contributed by atoms with E-state index in [0.29, 0.717) is 32.1 Å². The maximum absolute atomic E-state index is 13.2. The molecule has 0 radical (unpaired) electrons. The van der Waals surface area contributed by atoms with Gasteiger partial charge in [0.15, 0.2) is 0 Å². The molecular formula is C24H24N6O. The highest BCUT2D eigenvalue weighted by Gasteiger charge is 2.35. The second kappa shape index (κ2) is 8.32. The van der Waals surface area contributed by atoms with Crippen LogP contribution in [0.2, 0.25) is 0 Å². The van der Waals surface area contributed by atoms with Crippen molar-refractivity contribution >= 4 is 5.91 Å². The number of benzene rings is 2. The summed E-state index contributed by atoms with van der Waals surface area (Å²) in [4.78, 5) is 21.7. The van der Waals surface area contributed by atoms with Crippen LogP contribution >= 0.6 is 0 Å². The predicted octanol–water partition coefficient (Wildman–Crippen LogP) is 2.99. The summed E-state index contributed by atoms with van der Waals surface area (Å²) in [6.07, 6.45) is 2.15. The second-order valence-corrected chi connectivity index (χ2v) is 8.17. The third-order valence-electron chi connectivity index (χ3n) is 5.92. The van der Waals surface area contributed by atoms with Crippen LogP contribution < -0.4 is 0 Å². The SMILES string of the molecule is N#CC1CN(C(=O)c2nc(C3CC3)n(-c3ccccc3)n2)CCN1Cc1ccccc1. The monoisotopic (exact) mass is 412 g/mol. The topological polar surface area (TPSA) is 78.0 Å². The van der Waals surface area contributed by atoms with Crippen molar-refractivity contribution in [1.29, 1.82) is 5.26 Å². The maximum atomic E-state index is 13.2. The van der Waals surface area contributed by atoms with Gasteiger partial charge in [-0.15, -0.1) is 5.10 Å². The Hall–Kier alpha value is -3.50. The van der Waals surface area contributed by atoms with Gasteiger partial charge in [-0.2, -0.15) is 5.26 Å². The van der Waals surface area contributed by atoms with E-state index in [-0.39, 0.29) is 17.8 Å². The fourth-order valence-electron chi connectivity index (χ4n) is 4.06. The average molecular weight is 412 g/mol. The van der Waals surface area contributed by atoms with Crippen LogP contribution in [-0.4, -0.2) is 56.1 Å². The van der Waals surface area contributed by atoms with Crippen molar-refractivity contribution in [2.75, 3.05) is 19.6 Å². The quantitative estimate of drug-likeness (QED) is 0.644. The third-order valence-corrected chi connectivity index (χ3v) is 5.92. The molecule has 1 aliphatic heterocycles. The van der Waals surface area contributed by atoms with Gasteiger partial charge in [-0.25, -0.2) is 9.67 Å². The molecule has 1 atom stereocenters. The summed E-state index contributed by atoms with van der Waals surface area (Å²) in [5.74, 6) is 1.24. The summed E-state index contributed by atoms with van der Waals surface area (Å²) >= 11 is 0. The fraction of sp³-hybridized carbons (Fsp3) is 0.333. The van der Waals surface area contributed by atoms with Crippen molar-refractivity contribution in [1.82, 2.24) is 24.6 Å². The number of piperazine rings is 1. The lowest BCUT2D eigenvalue weighted by Gasteiger charge is -2.37. The Bertz CT molecular complexity index is 1100. The molecule has 1 aromatic heterocycles. The first-order chi connectivity index (χ1) is 15.2. The minimum Gasteiger partial charge on any atom is -0.332 e. The summed E-state index contributed by atoms with van der Waals surface area (Å²) in [7, 11) is 0. The molecule has 0 spiro atoms. The molecule has 31 heavy (non-hydrogen) atoms. The van der Waals surface area contributed by atoms with Gasteiger partial charge >= 0.3 is 0 Å². The van der Waals surface area contributed by atoms with E-state index in [0.717, 1.165) is 24.4 Å². The van der Waals surface area contributed by atoms with Crippen LogP contribution in [0, 0.1) is 11.3 Å². The molecule has 3 aromatic rings. The molecule has 0 N–H and O–H groups in total. The number of para-hydroxylation sites is 1. The summed E-state index contributed by atoms with van der Waals surface area (Å²) in [5, 5.41) is 14.3. The number of nitriles is 1. The van der Waals surface area contributed by atoms with Crippen molar-refractivity contribution < 1.29 is 4.79 Å². The molecule has 5 rings (SSSR count). The first kappa shape index (κ1) is 19.5. The Balaban J connectivity index is 1.33. The molecular weight excluding hydrogens is 388 g/mol. The fourth-order valence-corrected chi connectivity index (χ4v) is 4.06. The Morgan fingerprint density at radius 1 is 1.03 bits per heavy atom. The highest BCUT2D eigenvalue weighted by Crippen LogP contribution is 2.39. The summed E-state index contributed by atoms with van der Waals surface area (Å²) < 4.78 is 1.80. The van der Waals surface area contributed by atoms with Crippen LogP contribution in [0.1, 0.15) is 40.8 Å². The van der Waals surface area contributed by atoms with Gasteiger partial charge in [-0.3, -0.25) is 9.69 Å². The Kier molecular flexibility index (Phi) is 5.23. The lowest BCUT2D eigenvalue weighted by atomic mass is 10.1. The van der Waals surface area contributed by atoms with E-state index in [9.17, 15) is 10.1 Å². The number of aromatic nitrogens is 3. The van der Waals surface area contributed by atoms with Gasteiger partial charge < -0.3 is 4.90 Å². The van der Waals surface area contributed by atoms with Crippen LogP contribution in [0.25, 0.3) is 5.69 Å². The normalized spacial score (nSPS) is 19.2. The molecule has 2 heterocycles. The first-order valence-electron chi connectivity index (χ1n) is 10.7. The molecule has 7 heteroatoms. The molecule has 2 fully saturated rings. The highest BCUT2D eigenvalue weighted by atomic mass is 16.2. The van der Waals surface area contributed by atoms with Crippen molar-refractivity contribution in [2.24, 2.45) is 0 Å². The van der Waals surface area contributed by atoms with Gasteiger partial charge in [0, 0.05) is 25.6 Å². The van der Waals surface area contributed by atoms with E-state index in [4.69, 9.17) is 0 Å². The molecule has 2 aliphatic rings. The number of nitrogens with zero attached hydrogens (tertiary/aromatic N) is 6. The number of carbonyl (C=O) groups is 1. The Morgan fingerprint density at radius 3 is 2.42 bits per heavy atom. The number of carbonyl (C=O) groups excluding carboxylic acids is 1. The summed E-state index contributed by atoms with van der Waals surface area (Å²) in [5.41, 5.74) is 2.08. The third kappa shape index (κ3) is 4.07. The molecule has 156 valence electrons. The van der Waals surface area contributed by atoms with Gasteiger partial charge in [-0.1, -0.05) is 48.5 Å². The summed E-state index contributed by atoms with van der Waals surface area (Å²) in [6.45, 7) is 2.27. The van der Waals surface area contributed by atoms with Crippen LogP contribution in [0.4, 0.5) is 0 Å². The minimum absolute atomic E-state index is 0.198. The van der Waals surface area contributed by atoms with Crippen molar-refractivity contribution in [2.45, 2.75) is 31.3 Å². The van der Waals surface area contributed by atoms with E-state index >= 15 is 0 Å². The van der Waals surface area contributed by atoms with Gasteiger partial charge in [0.2, 0.25) is 5.82 Å². The molecule has 0 bridgehead atoms. The Morgan fingerprint density at radius 2 is 1.74 bits per heavy atom. The lowest BCUT2D eigenvalue weighted by molar-refractivity contribution is 0.0541.